The van der Waals surface area contributed by atoms with Gasteiger partial charge in [-0.3, -0.25) is 9.69 Å². The van der Waals surface area contributed by atoms with Gasteiger partial charge in [-0.05, 0) is 38.8 Å². The van der Waals surface area contributed by atoms with Crippen LogP contribution < -0.4 is 5.73 Å². The molecule has 16 heavy (non-hydrogen) atoms. The molecule has 2 fully saturated rings. The molecule has 1 heterocycles. The number of nitrogens with two attached hydrogens (primary N) is 1. The number of piperidine rings is 1. The molecule has 0 unspecified atom stereocenters. The van der Waals surface area contributed by atoms with Gasteiger partial charge in [-0.15, -0.1) is 0 Å². The molecule has 2 aliphatic rings. The molecule has 2 N–H and O–H groups in total. The zero-order chi connectivity index (χ0) is 12.0. The monoisotopic (exact) mass is 236 g/mol. The molecule has 6 heteroatoms. The van der Waals surface area contributed by atoms with Crippen molar-refractivity contribution in [3.63, 3.8) is 0 Å². The minimum atomic E-state index is -4.15. The number of likely N-dealkylation sites (tertiary alicyclic amines) is 1. The van der Waals surface area contributed by atoms with Gasteiger partial charge in [-0.1, -0.05) is 0 Å². The highest BCUT2D eigenvalue weighted by atomic mass is 19.4. The summed E-state index contributed by atoms with van der Waals surface area (Å²) < 4.78 is 38.4. The number of hydrogen-bond acceptors (Lipinski definition) is 2. The summed E-state index contributed by atoms with van der Waals surface area (Å²) in [5.74, 6) is -0.642. The third kappa shape index (κ3) is 1.79. The van der Waals surface area contributed by atoms with Crippen LogP contribution in [0, 0.1) is 5.92 Å². The fourth-order valence-electron chi connectivity index (χ4n) is 2.49. The number of carbonyl (C=O) groups excluding carboxylic acids is 1. The van der Waals surface area contributed by atoms with Crippen molar-refractivity contribution in [3.05, 3.63) is 0 Å². The van der Waals surface area contributed by atoms with Crippen LogP contribution in [0.1, 0.15) is 25.7 Å². The van der Waals surface area contributed by atoms with E-state index in [9.17, 15) is 18.0 Å². The predicted octanol–water partition coefficient (Wildman–Crippen LogP) is 1.28. The van der Waals surface area contributed by atoms with Crippen molar-refractivity contribution in [1.29, 1.82) is 0 Å². The molecule has 0 bridgehead atoms. The van der Waals surface area contributed by atoms with Crippen molar-refractivity contribution in [1.82, 2.24) is 4.90 Å². The van der Waals surface area contributed by atoms with Crippen molar-refractivity contribution in [2.75, 3.05) is 13.1 Å². The standard InChI is InChI=1S/C10H15F3N2O/c11-10(12,13)9(3-4-9)15-5-1-7(2-6-15)8(14)16/h7H,1-6H2,(H2,14,16). The molecule has 1 aliphatic carbocycles. The molecule has 2 rings (SSSR count). The Hall–Kier alpha value is -0.780. The van der Waals surface area contributed by atoms with E-state index in [1.54, 1.807) is 0 Å². The van der Waals surface area contributed by atoms with E-state index in [4.69, 9.17) is 5.73 Å². The van der Waals surface area contributed by atoms with E-state index in [2.05, 4.69) is 0 Å². The second-order valence-electron chi connectivity index (χ2n) is 4.69. The van der Waals surface area contributed by atoms with Crippen molar-refractivity contribution < 1.29 is 18.0 Å². The van der Waals surface area contributed by atoms with Gasteiger partial charge in [0.1, 0.15) is 5.54 Å². The Labute approximate surface area is 91.8 Å². The molecule has 1 saturated heterocycles. The second-order valence-corrected chi connectivity index (χ2v) is 4.69. The first kappa shape index (κ1) is 11.7. The van der Waals surface area contributed by atoms with Crippen molar-refractivity contribution in [3.8, 4) is 0 Å². The van der Waals surface area contributed by atoms with Gasteiger partial charge in [0.05, 0.1) is 0 Å². The minimum Gasteiger partial charge on any atom is -0.369 e. The van der Waals surface area contributed by atoms with Gasteiger partial charge in [0.15, 0.2) is 0 Å². The summed E-state index contributed by atoms with van der Waals surface area (Å²) in [6.45, 7) is 0.653. The van der Waals surface area contributed by atoms with E-state index >= 15 is 0 Å². The van der Waals surface area contributed by atoms with Gasteiger partial charge in [0, 0.05) is 5.92 Å². The van der Waals surface area contributed by atoms with Crippen LogP contribution >= 0.6 is 0 Å². The molecule has 92 valence electrons. The topological polar surface area (TPSA) is 46.3 Å². The van der Waals surface area contributed by atoms with E-state index in [-0.39, 0.29) is 18.8 Å². The lowest BCUT2D eigenvalue weighted by Gasteiger charge is -2.38. The first-order valence-corrected chi connectivity index (χ1v) is 5.48. The third-order valence-electron chi connectivity index (χ3n) is 3.75. The average Bonchev–Trinajstić information content (AvgIpc) is 2.97. The van der Waals surface area contributed by atoms with Crippen LogP contribution in [0.2, 0.25) is 0 Å². The van der Waals surface area contributed by atoms with Crippen LogP contribution in [-0.2, 0) is 4.79 Å². The molecule has 0 aromatic rings. The fourth-order valence-corrected chi connectivity index (χ4v) is 2.49. The SMILES string of the molecule is NC(=O)C1CCN(C2(C(F)(F)F)CC2)CC1. The zero-order valence-electron chi connectivity index (χ0n) is 8.89. The molecule has 1 aliphatic heterocycles. The molecule has 1 saturated carbocycles. The number of rotatable bonds is 2. The van der Waals surface area contributed by atoms with Crippen LogP contribution in [0.4, 0.5) is 13.2 Å². The van der Waals surface area contributed by atoms with Gasteiger partial charge in [0.25, 0.3) is 0 Å². The van der Waals surface area contributed by atoms with Gasteiger partial charge in [0.2, 0.25) is 5.91 Å². The van der Waals surface area contributed by atoms with Gasteiger partial charge < -0.3 is 5.73 Å². The van der Waals surface area contributed by atoms with E-state index in [1.807, 2.05) is 0 Å². The number of primary amides is 1. The lowest BCUT2D eigenvalue weighted by Crippen LogP contribution is -2.52. The zero-order valence-corrected chi connectivity index (χ0v) is 8.89. The van der Waals surface area contributed by atoms with Crippen LogP contribution in [0.5, 0.6) is 0 Å². The number of halogens is 3. The van der Waals surface area contributed by atoms with Gasteiger partial charge in [-0.2, -0.15) is 13.2 Å². The van der Waals surface area contributed by atoms with Crippen LogP contribution in [-0.4, -0.2) is 35.6 Å². The van der Waals surface area contributed by atoms with Gasteiger partial charge >= 0.3 is 6.18 Å². The molecule has 0 spiro atoms. The number of nitrogens with zero attached hydrogens (tertiary/aromatic N) is 1. The maximum absolute atomic E-state index is 12.8. The highest BCUT2D eigenvalue weighted by molar-refractivity contribution is 5.76. The summed E-state index contributed by atoms with van der Waals surface area (Å²) in [4.78, 5) is 12.4. The Bertz CT molecular complexity index is 291. The molecular formula is C10H15F3N2O. The molecule has 0 radical (unpaired) electrons. The molecule has 0 aromatic heterocycles. The second kappa shape index (κ2) is 3.61. The molecular weight excluding hydrogens is 221 g/mol. The normalized spacial score (nSPS) is 26.7. The lowest BCUT2D eigenvalue weighted by molar-refractivity contribution is -0.199. The summed E-state index contributed by atoms with van der Waals surface area (Å²) in [7, 11) is 0. The minimum absolute atomic E-state index is 0.192. The van der Waals surface area contributed by atoms with E-state index in [0.29, 0.717) is 25.9 Å². The van der Waals surface area contributed by atoms with Crippen molar-refractivity contribution in [2.24, 2.45) is 11.7 Å². The molecule has 0 aromatic carbocycles. The van der Waals surface area contributed by atoms with Crippen LogP contribution in [0.25, 0.3) is 0 Å². The summed E-state index contributed by atoms with van der Waals surface area (Å²) >= 11 is 0. The number of alkyl halides is 3. The Morgan fingerprint density at radius 3 is 2.06 bits per heavy atom. The number of amides is 1. The van der Waals surface area contributed by atoms with Crippen LogP contribution in [0.15, 0.2) is 0 Å². The molecule has 0 atom stereocenters. The number of carbonyl (C=O) groups is 1. The van der Waals surface area contributed by atoms with Crippen LogP contribution in [0.3, 0.4) is 0 Å². The highest BCUT2D eigenvalue weighted by Gasteiger charge is 2.66. The fraction of sp³-hybridized carbons (Fsp3) is 0.900. The Morgan fingerprint density at radius 2 is 1.75 bits per heavy atom. The van der Waals surface area contributed by atoms with Crippen molar-refractivity contribution >= 4 is 5.91 Å². The lowest BCUT2D eigenvalue weighted by atomic mass is 9.94. The first-order valence-electron chi connectivity index (χ1n) is 5.48. The van der Waals surface area contributed by atoms with Crippen molar-refractivity contribution in [2.45, 2.75) is 37.4 Å². The Kier molecular flexibility index (Phi) is 2.64. The number of hydrogen-bond donors (Lipinski definition) is 1. The largest absolute Gasteiger partial charge is 0.406 e. The predicted molar refractivity (Wildman–Crippen MR) is 51.5 cm³/mol. The Balaban J connectivity index is 1.97. The third-order valence-corrected chi connectivity index (χ3v) is 3.75. The average molecular weight is 236 g/mol. The molecule has 1 amide bonds. The molecule has 3 nitrogen and oxygen atoms in total. The summed E-state index contributed by atoms with van der Waals surface area (Å²) in [5, 5.41) is 0. The summed E-state index contributed by atoms with van der Waals surface area (Å²) in [5.41, 5.74) is 3.56. The van der Waals surface area contributed by atoms with E-state index in [0.717, 1.165) is 0 Å². The summed E-state index contributed by atoms with van der Waals surface area (Å²) in [6.07, 6.45) is -2.86. The quantitative estimate of drug-likeness (QED) is 0.785. The maximum Gasteiger partial charge on any atom is 0.406 e. The summed E-state index contributed by atoms with van der Waals surface area (Å²) in [6, 6.07) is 0. The Morgan fingerprint density at radius 1 is 1.25 bits per heavy atom. The highest BCUT2D eigenvalue weighted by Crippen LogP contribution is 2.54. The van der Waals surface area contributed by atoms with E-state index < -0.39 is 17.6 Å². The van der Waals surface area contributed by atoms with Gasteiger partial charge in [-0.25, -0.2) is 0 Å². The maximum atomic E-state index is 12.8. The smallest absolute Gasteiger partial charge is 0.369 e. The first-order chi connectivity index (χ1) is 7.37. The van der Waals surface area contributed by atoms with E-state index in [1.165, 1.54) is 4.90 Å².